The lowest BCUT2D eigenvalue weighted by Crippen LogP contribution is -2.40. The SMILES string of the molecule is CN=C(NCc1cccnc1N1CCC(C(N)=O)CC1)N(C)Cc1ccccc1Cl. The van der Waals surface area contributed by atoms with E-state index in [1.165, 1.54) is 0 Å². The largest absolute Gasteiger partial charge is 0.369 e. The molecule has 3 rings (SSSR count). The second-order valence-corrected chi connectivity index (χ2v) is 7.91. The number of aromatic nitrogens is 1. The van der Waals surface area contributed by atoms with Crippen LogP contribution in [0.1, 0.15) is 24.0 Å². The number of primary amides is 1. The molecule has 0 spiro atoms. The van der Waals surface area contributed by atoms with Crippen LogP contribution in [-0.2, 0) is 17.9 Å². The van der Waals surface area contributed by atoms with Crippen LogP contribution in [0.15, 0.2) is 47.6 Å². The molecule has 3 N–H and O–H groups in total. The summed E-state index contributed by atoms with van der Waals surface area (Å²) in [6, 6.07) is 11.8. The van der Waals surface area contributed by atoms with Gasteiger partial charge in [-0.2, -0.15) is 0 Å². The van der Waals surface area contributed by atoms with Gasteiger partial charge < -0.3 is 20.9 Å². The predicted molar refractivity (Wildman–Crippen MR) is 121 cm³/mol. The summed E-state index contributed by atoms with van der Waals surface area (Å²) in [5.41, 5.74) is 7.59. The van der Waals surface area contributed by atoms with E-state index in [-0.39, 0.29) is 11.8 Å². The van der Waals surface area contributed by atoms with Crippen LogP contribution in [0.5, 0.6) is 0 Å². The number of nitrogens with zero attached hydrogens (tertiary/aromatic N) is 4. The first-order valence-corrected chi connectivity index (χ1v) is 10.5. The van der Waals surface area contributed by atoms with E-state index >= 15 is 0 Å². The molecular formula is C22H29ClN6O. The highest BCUT2D eigenvalue weighted by Crippen LogP contribution is 2.24. The number of carbonyl (C=O) groups is 1. The molecule has 0 saturated carbocycles. The second kappa shape index (κ2) is 10.3. The van der Waals surface area contributed by atoms with Gasteiger partial charge in [-0.1, -0.05) is 35.9 Å². The number of halogens is 1. The third kappa shape index (κ3) is 5.42. The molecule has 1 aliphatic heterocycles. The van der Waals surface area contributed by atoms with Crippen LogP contribution in [0, 0.1) is 5.92 Å². The Morgan fingerprint density at radius 2 is 1.97 bits per heavy atom. The predicted octanol–water partition coefficient (Wildman–Crippen LogP) is 2.64. The Kier molecular flexibility index (Phi) is 7.52. The molecule has 1 aromatic heterocycles. The number of carbonyl (C=O) groups excluding carboxylic acids is 1. The Bertz CT molecular complexity index is 895. The summed E-state index contributed by atoms with van der Waals surface area (Å²) in [5.74, 6) is 1.47. The molecule has 30 heavy (non-hydrogen) atoms. The van der Waals surface area contributed by atoms with Gasteiger partial charge in [-0.3, -0.25) is 9.79 Å². The van der Waals surface area contributed by atoms with Gasteiger partial charge in [0.2, 0.25) is 5.91 Å². The molecule has 1 amide bonds. The highest BCUT2D eigenvalue weighted by atomic mass is 35.5. The van der Waals surface area contributed by atoms with Gasteiger partial charge in [-0.05, 0) is 30.5 Å². The number of pyridine rings is 1. The van der Waals surface area contributed by atoms with Crippen LogP contribution < -0.4 is 16.0 Å². The second-order valence-electron chi connectivity index (χ2n) is 7.50. The Morgan fingerprint density at radius 1 is 1.27 bits per heavy atom. The molecule has 1 saturated heterocycles. The number of guanidine groups is 1. The number of amides is 1. The Balaban J connectivity index is 1.64. The molecule has 0 unspecified atom stereocenters. The first-order valence-electron chi connectivity index (χ1n) is 10.1. The maximum atomic E-state index is 11.4. The van der Waals surface area contributed by atoms with Crippen LogP contribution in [0.2, 0.25) is 5.02 Å². The molecule has 0 aliphatic carbocycles. The monoisotopic (exact) mass is 428 g/mol. The number of nitrogens with one attached hydrogen (secondary N) is 1. The number of piperidine rings is 1. The summed E-state index contributed by atoms with van der Waals surface area (Å²) in [5, 5.41) is 4.17. The summed E-state index contributed by atoms with van der Waals surface area (Å²) in [7, 11) is 3.75. The molecule has 0 bridgehead atoms. The lowest BCUT2D eigenvalue weighted by atomic mass is 9.96. The highest BCUT2D eigenvalue weighted by molar-refractivity contribution is 6.31. The Labute approximate surface area is 182 Å². The van der Waals surface area contributed by atoms with Gasteiger partial charge in [0.15, 0.2) is 5.96 Å². The van der Waals surface area contributed by atoms with E-state index in [1.807, 2.05) is 42.3 Å². The van der Waals surface area contributed by atoms with Crippen molar-refractivity contribution >= 4 is 29.3 Å². The van der Waals surface area contributed by atoms with Gasteiger partial charge >= 0.3 is 0 Å². The third-order valence-electron chi connectivity index (χ3n) is 5.44. The van der Waals surface area contributed by atoms with Crippen molar-refractivity contribution in [1.82, 2.24) is 15.2 Å². The average molecular weight is 429 g/mol. The summed E-state index contributed by atoms with van der Waals surface area (Å²) in [4.78, 5) is 24.7. The molecule has 1 fully saturated rings. The third-order valence-corrected chi connectivity index (χ3v) is 5.81. The minimum atomic E-state index is -0.206. The van der Waals surface area contributed by atoms with Gasteiger partial charge in [-0.15, -0.1) is 0 Å². The van der Waals surface area contributed by atoms with Crippen molar-refractivity contribution < 1.29 is 4.79 Å². The van der Waals surface area contributed by atoms with Crippen LogP contribution >= 0.6 is 11.6 Å². The van der Waals surface area contributed by atoms with Crippen LogP contribution in [-0.4, -0.2) is 48.9 Å². The Hall–Kier alpha value is -2.80. The molecule has 160 valence electrons. The summed E-state index contributed by atoms with van der Waals surface area (Å²) < 4.78 is 0. The minimum absolute atomic E-state index is 0.0381. The average Bonchev–Trinajstić information content (AvgIpc) is 2.76. The first kappa shape index (κ1) is 21.9. The number of nitrogens with two attached hydrogens (primary N) is 1. The fraction of sp³-hybridized carbons (Fsp3) is 0.409. The van der Waals surface area contributed by atoms with Crippen LogP contribution in [0.4, 0.5) is 5.82 Å². The topological polar surface area (TPSA) is 86.9 Å². The molecular weight excluding hydrogens is 400 g/mol. The Morgan fingerprint density at radius 3 is 2.63 bits per heavy atom. The maximum absolute atomic E-state index is 11.4. The van der Waals surface area contributed by atoms with E-state index in [9.17, 15) is 4.79 Å². The van der Waals surface area contributed by atoms with E-state index in [2.05, 4.69) is 26.3 Å². The van der Waals surface area contributed by atoms with E-state index in [4.69, 9.17) is 17.3 Å². The van der Waals surface area contributed by atoms with Gasteiger partial charge in [0.05, 0.1) is 0 Å². The summed E-state index contributed by atoms with van der Waals surface area (Å²) >= 11 is 6.30. The van der Waals surface area contributed by atoms with Crippen molar-refractivity contribution in [2.75, 3.05) is 32.1 Å². The first-order chi connectivity index (χ1) is 14.5. The smallest absolute Gasteiger partial charge is 0.220 e. The van der Waals surface area contributed by atoms with Crippen LogP contribution in [0.25, 0.3) is 0 Å². The van der Waals surface area contributed by atoms with Crippen molar-refractivity contribution in [2.24, 2.45) is 16.6 Å². The van der Waals surface area contributed by atoms with Gasteiger partial charge in [0.1, 0.15) is 5.82 Å². The van der Waals surface area contributed by atoms with Gasteiger partial charge in [0.25, 0.3) is 0 Å². The molecule has 2 aromatic rings. The van der Waals surface area contributed by atoms with Gasteiger partial charge in [0, 0.05) is 63.0 Å². The fourth-order valence-corrected chi connectivity index (χ4v) is 3.94. The fourth-order valence-electron chi connectivity index (χ4n) is 3.74. The quantitative estimate of drug-likeness (QED) is 0.545. The molecule has 2 heterocycles. The van der Waals surface area contributed by atoms with Gasteiger partial charge in [-0.25, -0.2) is 4.98 Å². The lowest BCUT2D eigenvalue weighted by Gasteiger charge is -2.32. The standard InChI is InChI=1S/C22H29ClN6O/c1-25-22(28(2)15-18-6-3-4-8-19(18)23)27-14-17-7-5-11-26-21(17)29-12-9-16(10-13-29)20(24)30/h3-8,11,16H,9-10,12-15H2,1-2H3,(H2,24,30)(H,25,27). The number of benzene rings is 1. The summed E-state index contributed by atoms with van der Waals surface area (Å²) in [6.45, 7) is 2.80. The zero-order chi connectivity index (χ0) is 21.5. The zero-order valence-electron chi connectivity index (χ0n) is 17.5. The van der Waals surface area contributed by atoms with Crippen LogP contribution in [0.3, 0.4) is 0 Å². The number of aliphatic imine (C=N–C) groups is 1. The molecule has 0 atom stereocenters. The van der Waals surface area contributed by atoms with E-state index < -0.39 is 0 Å². The number of hydrogen-bond donors (Lipinski definition) is 2. The molecule has 7 nitrogen and oxygen atoms in total. The van der Waals surface area contributed by atoms with Crippen molar-refractivity contribution in [3.8, 4) is 0 Å². The van der Waals surface area contributed by atoms with Crippen molar-refractivity contribution in [2.45, 2.75) is 25.9 Å². The lowest BCUT2D eigenvalue weighted by molar-refractivity contribution is -0.122. The number of anilines is 1. The van der Waals surface area contributed by atoms with E-state index in [0.717, 1.165) is 53.9 Å². The van der Waals surface area contributed by atoms with Crippen molar-refractivity contribution in [3.05, 3.63) is 58.7 Å². The zero-order valence-corrected chi connectivity index (χ0v) is 18.3. The molecule has 0 radical (unpaired) electrons. The summed E-state index contributed by atoms with van der Waals surface area (Å²) in [6.07, 6.45) is 3.33. The highest BCUT2D eigenvalue weighted by Gasteiger charge is 2.25. The maximum Gasteiger partial charge on any atom is 0.220 e. The normalized spacial score (nSPS) is 15.2. The minimum Gasteiger partial charge on any atom is -0.369 e. The molecule has 8 heteroatoms. The molecule has 1 aliphatic rings. The van der Waals surface area contributed by atoms with Crippen molar-refractivity contribution in [3.63, 3.8) is 0 Å². The molecule has 1 aromatic carbocycles. The number of rotatable bonds is 6. The number of hydrogen-bond acceptors (Lipinski definition) is 4. The van der Waals surface area contributed by atoms with E-state index in [0.29, 0.717) is 13.1 Å². The van der Waals surface area contributed by atoms with E-state index in [1.54, 1.807) is 13.2 Å². The van der Waals surface area contributed by atoms with Crippen molar-refractivity contribution in [1.29, 1.82) is 0 Å².